The number of alkyl halides is 2. The van der Waals surface area contributed by atoms with Gasteiger partial charge in [0.25, 0.3) is 6.43 Å². The summed E-state index contributed by atoms with van der Waals surface area (Å²) in [4.78, 5) is 12.9. The molecular weight excluding hydrogens is 232 g/mol. The molecule has 5 nitrogen and oxygen atoms in total. The Morgan fingerprint density at radius 1 is 1.67 bits per heavy atom. The van der Waals surface area contributed by atoms with Crippen LogP contribution in [0.25, 0.3) is 0 Å². The van der Waals surface area contributed by atoms with Crippen molar-refractivity contribution < 1.29 is 13.7 Å². The molecule has 0 radical (unpaired) electrons. The van der Waals surface area contributed by atoms with Gasteiger partial charge in [0.2, 0.25) is 0 Å². The third-order valence-corrected chi connectivity index (χ3v) is 2.05. The Bertz CT molecular complexity index is 400. The predicted molar refractivity (Wildman–Crippen MR) is 48.7 cm³/mol. The van der Waals surface area contributed by atoms with Crippen LogP contribution in [0.2, 0.25) is 5.02 Å². The van der Waals surface area contributed by atoms with Crippen LogP contribution in [0.5, 0.6) is 0 Å². The van der Waals surface area contributed by atoms with E-state index in [0.29, 0.717) is 0 Å². The van der Waals surface area contributed by atoms with E-state index >= 15 is 0 Å². The zero-order valence-corrected chi connectivity index (χ0v) is 8.04. The summed E-state index contributed by atoms with van der Waals surface area (Å²) in [6.07, 6.45) is -2.10. The summed E-state index contributed by atoms with van der Waals surface area (Å²) in [7, 11) is 0. The molecule has 0 fully saturated rings. The molecule has 1 heterocycles. The zero-order valence-electron chi connectivity index (χ0n) is 7.28. The molecule has 0 atom stereocenters. The van der Waals surface area contributed by atoms with Gasteiger partial charge in [-0.3, -0.25) is 0 Å². The van der Waals surface area contributed by atoms with E-state index in [-0.39, 0.29) is 10.6 Å². The number of nitro groups is 1. The maximum Gasteiger partial charge on any atom is 0.368 e. The molecule has 0 bridgehead atoms. The summed E-state index contributed by atoms with van der Waals surface area (Å²) in [5.41, 5.74) is 4.20. The number of hydrogen-bond donors (Lipinski definition) is 1. The highest BCUT2D eigenvalue weighted by atomic mass is 35.5. The van der Waals surface area contributed by atoms with Gasteiger partial charge in [-0.05, 0) is 9.91 Å². The first-order chi connectivity index (χ1) is 6.99. The molecule has 0 aromatic carbocycles. The van der Waals surface area contributed by atoms with E-state index < -0.39 is 29.3 Å². The van der Waals surface area contributed by atoms with Crippen LogP contribution in [0, 0.1) is 10.1 Å². The van der Waals surface area contributed by atoms with Gasteiger partial charge < -0.3 is 15.8 Å². The van der Waals surface area contributed by atoms with E-state index in [0.717, 1.165) is 6.20 Å². The molecule has 8 heteroatoms. The number of nitrogens with zero attached hydrogens (tertiary/aromatic N) is 2. The fraction of sp³-hybridized carbons (Fsp3) is 0.286. The molecule has 0 spiro atoms. The van der Waals surface area contributed by atoms with Crippen LogP contribution in [0.15, 0.2) is 6.20 Å². The molecule has 0 amide bonds. The quantitative estimate of drug-likeness (QED) is 0.644. The Hall–Kier alpha value is -1.34. The third-order valence-electron chi connectivity index (χ3n) is 1.75. The maximum absolute atomic E-state index is 12.5. The van der Waals surface area contributed by atoms with Gasteiger partial charge in [-0.2, -0.15) is 0 Å². The minimum atomic E-state index is -2.92. The number of pyridine rings is 1. The monoisotopic (exact) mass is 237 g/mol. The minimum absolute atomic E-state index is 0.323. The van der Waals surface area contributed by atoms with Gasteiger partial charge >= 0.3 is 5.82 Å². The Kier molecular flexibility index (Phi) is 3.48. The smallest absolute Gasteiger partial charge is 0.358 e. The van der Waals surface area contributed by atoms with Crippen molar-refractivity contribution in [3.8, 4) is 0 Å². The number of halogens is 3. The number of nitrogens with two attached hydrogens (primary N) is 1. The van der Waals surface area contributed by atoms with Gasteiger partial charge in [-0.1, -0.05) is 11.6 Å². The first kappa shape index (κ1) is 11.7. The molecular formula is C7H6ClF2N3O2. The normalized spacial score (nSPS) is 10.7. The average Bonchev–Trinajstić information content (AvgIpc) is 2.15. The Morgan fingerprint density at radius 3 is 2.67 bits per heavy atom. The second-order valence-electron chi connectivity index (χ2n) is 2.58. The van der Waals surface area contributed by atoms with Crippen molar-refractivity contribution >= 4 is 17.4 Å². The van der Waals surface area contributed by atoms with Gasteiger partial charge in [-0.15, -0.1) is 0 Å². The highest BCUT2D eigenvalue weighted by Gasteiger charge is 2.26. The van der Waals surface area contributed by atoms with Crippen molar-refractivity contribution in [2.24, 2.45) is 5.73 Å². The lowest BCUT2D eigenvalue weighted by Gasteiger charge is -2.07. The van der Waals surface area contributed by atoms with Crippen LogP contribution in [0.3, 0.4) is 0 Å². The van der Waals surface area contributed by atoms with Crippen LogP contribution in [0.1, 0.15) is 17.6 Å². The lowest BCUT2D eigenvalue weighted by molar-refractivity contribution is -0.390. The van der Waals surface area contributed by atoms with Gasteiger partial charge in [0.05, 0.1) is 16.1 Å². The molecule has 0 aliphatic carbocycles. The van der Waals surface area contributed by atoms with E-state index in [1.807, 2.05) is 0 Å². The molecule has 0 unspecified atom stereocenters. The number of hydrogen-bond acceptors (Lipinski definition) is 4. The molecule has 82 valence electrons. The van der Waals surface area contributed by atoms with E-state index in [1.54, 1.807) is 0 Å². The molecule has 0 saturated heterocycles. The van der Waals surface area contributed by atoms with E-state index in [1.165, 1.54) is 0 Å². The van der Waals surface area contributed by atoms with Gasteiger partial charge in [-0.25, -0.2) is 8.78 Å². The molecule has 2 N–H and O–H groups in total. The number of rotatable bonds is 3. The largest absolute Gasteiger partial charge is 0.368 e. The summed E-state index contributed by atoms with van der Waals surface area (Å²) in [6.45, 7) is -0.413. The van der Waals surface area contributed by atoms with Crippen molar-refractivity contribution in [3.05, 3.63) is 32.5 Å². The second kappa shape index (κ2) is 4.45. The fourth-order valence-electron chi connectivity index (χ4n) is 1.12. The van der Waals surface area contributed by atoms with Crippen molar-refractivity contribution in [3.63, 3.8) is 0 Å². The molecule has 1 aromatic heterocycles. The summed E-state index contributed by atoms with van der Waals surface area (Å²) in [6, 6.07) is 0. The molecule has 15 heavy (non-hydrogen) atoms. The van der Waals surface area contributed by atoms with E-state index in [2.05, 4.69) is 4.98 Å². The van der Waals surface area contributed by atoms with Crippen LogP contribution >= 0.6 is 11.6 Å². The lowest BCUT2D eigenvalue weighted by Crippen LogP contribution is -2.08. The highest BCUT2D eigenvalue weighted by Crippen LogP contribution is 2.33. The zero-order chi connectivity index (χ0) is 11.6. The lowest BCUT2D eigenvalue weighted by atomic mass is 10.1. The summed E-state index contributed by atoms with van der Waals surface area (Å²) < 4.78 is 25.1. The first-order valence-corrected chi connectivity index (χ1v) is 4.16. The standard InChI is InChI=1S/C7H6ClF2N3O2/c8-4-2-12-7(13(14)15)3(1-11)5(4)6(9)10/h2,6H,1,11H2. The van der Waals surface area contributed by atoms with Gasteiger partial charge in [0.15, 0.2) is 6.20 Å². The van der Waals surface area contributed by atoms with Crippen molar-refractivity contribution in [2.75, 3.05) is 0 Å². The predicted octanol–water partition coefficient (Wildman–Crippen LogP) is 2.04. The van der Waals surface area contributed by atoms with Crippen LogP contribution < -0.4 is 5.73 Å². The summed E-state index contributed by atoms with van der Waals surface area (Å²) in [5.74, 6) is -0.683. The number of aromatic nitrogens is 1. The maximum atomic E-state index is 12.5. The molecule has 1 aromatic rings. The minimum Gasteiger partial charge on any atom is -0.358 e. The Labute approximate surface area is 88.0 Å². The van der Waals surface area contributed by atoms with Crippen molar-refractivity contribution in [1.29, 1.82) is 0 Å². The van der Waals surface area contributed by atoms with Gasteiger partial charge in [0.1, 0.15) is 0 Å². The summed E-state index contributed by atoms with van der Waals surface area (Å²) >= 11 is 5.46. The van der Waals surface area contributed by atoms with E-state index in [9.17, 15) is 18.9 Å². The molecule has 0 saturated carbocycles. The molecule has 0 aliphatic heterocycles. The van der Waals surface area contributed by atoms with Crippen LogP contribution in [0.4, 0.5) is 14.6 Å². The Balaban J connectivity index is 3.47. The van der Waals surface area contributed by atoms with Crippen molar-refractivity contribution in [1.82, 2.24) is 4.98 Å². The Morgan fingerprint density at radius 2 is 2.27 bits per heavy atom. The summed E-state index contributed by atoms with van der Waals surface area (Å²) in [5, 5.41) is 10.1. The van der Waals surface area contributed by atoms with Crippen molar-refractivity contribution in [2.45, 2.75) is 13.0 Å². The first-order valence-electron chi connectivity index (χ1n) is 3.79. The van der Waals surface area contributed by atoms with Crippen LogP contribution in [-0.4, -0.2) is 9.91 Å². The SMILES string of the molecule is NCc1c([N+](=O)[O-])ncc(Cl)c1C(F)F. The van der Waals surface area contributed by atoms with Gasteiger partial charge in [0, 0.05) is 6.54 Å². The second-order valence-corrected chi connectivity index (χ2v) is 2.99. The molecule has 1 rings (SSSR count). The molecule has 0 aliphatic rings. The van der Waals surface area contributed by atoms with Crippen LogP contribution in [-0.2, 0) is 6.54 Å². The highest BCUT2D eigenvalue weighted by molar-refractivity contribution is 6.31. The topological polar surface area (TPSA) is 82.0 Å². The van der Waals surface area contributed by atoms with E-state index in [4.69, 9.17) is 17.3 Å². The third kappa shape index (κ3) is 2.18. The fourth-order valence-corrected chi connectivity index (χ4v) is 1.37. The average molecular weight is 238 g/mol.